The summed E-state index contributed by atoms with van der Waals surface area (Å²) in [5, 5.41) is 13.9. The zero-order chi connectivity index (χ0) is 29.1. The molecule has 1 aromatic heterocycles. The minimum absolute atomic E-state index is 0.0378. The summed E-state index contributed by atoms with van der Waals surface area (Å²) in [7, 11) is 0. The van der Waals surface area contributed by atoms with E-state index in [2.05, 4.69) is 35.6 Å². The largest absolute Gasteiger partial charge is 0.507 e. The first-order chi connectivity index (χ1) is 19.2. The number of nitrogens with one attached hydrogen (secondary N) is 1. The molecule has 2 fully saturated rings. The Morgan fingerprint density at radius 3 is 2.42 bits per heavy atom. The summed E-state index contributed by atoms with van der Waals surface area (Å²) in [6, 6.07) is 5.75. The third-order valence-corrected chi connectivity index (χ3v) is 7.44. The van der Waals surface area contributed by atoms with Gasteiger partial charge in [0.15, 0.2) is 5.82 Å². The zero-order valence-corrected chi connectivity index (χ0v) is 24.0. The van der Waals surface area contributed by atoms with E-state index in [9.17, 15) is 14.3 Å². The van der Waals surface area contributed by atoms with Crippen molar-refractivity contribution in [2.24, 2.45) is 0 Å². The molecule has 0 unspecified atom stereocenters. The molecule has 2 N–H and O–H groups in total. The number of aromatic hydroxyl groups is 1. The maximum absolute atomic E-state index is 16.1. The number of benzene rings is 2. The number of phenolic OH excluding ortho intramolecular Hbond substituents is 1. The Bertz CT molecular complexity index is 1390. The second-order valence-electron chi connectivity index (χ2n) is 9.85. The molecule has 0 spiro atoms. The number of anilines is 2. The van der Waals surface area contributed by atoms with Gasteiger partial charge in [0.1, 0.15) is 22.9 Å². The zero-order valence-electron chi connectivity index (χ0n) is 23.2. The minimum Gasteiger partial charge on any atom is -0.507 e. The molecular weight excluding hydrogens is 538 g/mol. The molecule has 0 bridgehead atoms. The molecule has 0 saturated carbocycles. The molecule has 0 atom stereocenters. The highest BCUT2D eigenvalue weighted by Crippen LogP contribution is 2.42. The van der Waals surface area contributed by atoms with E-state index in [4.69, 9.17) is 16.6 Å². The summed E-state index contributed by atoms with van der Waals surface area (Å²) in [6.45, 7) is 15.2. The molecule has 1 amide bonds. The van der Waals surface area contributed by atoms with Gasteiger partial charge in [-0.25, -0.2) is 13.8 Å². The number of likely N-dealkylation sites (tertiary alicyclic amines) is 1. The summed E-state index contributed by atoms with van der Waals surface area (Å²) in [5.74, 6) is -1.52. The lowest BCUT2D eigenvalue weighted by Gasteiger charge is -2.42. The molecule has 214 valence electrons. The standard InChI is InChI=1S/C27H29ClF2N6O2.C2H6/c1-4-21(38)34-8-10-35(11-9-34)26-17-12-18(28)22(23-19(29)6-5-7-20(23)37)24(30)25(17)32-27(33-26)31-16-13-36(14-16)15(2)3;1-2/h4-7,12,15-16,37H,1,8-11,13-14H2,2-3H3,(H,31,32,33);1-2H3. The third-order valence-electron chi connectivity index (χ3n) is 7.14. The lowest BCUT2D eigenvalue weighted by atomic mass is 10.0. The topological polar surface area (TPSA) is 84.8 Å². The number of amides is 1. The smallest absolute Gasteiger partial charge is 0.246 e. The van der Waals surface area contributed by atoms with Gasteiger partial charge < -0.3 is 20.2 Å². The van der Waals surface area contributed by atoms with Gasteiger partial charge in [-0.05, 0) is 38.1 Å². The van der Waals surface area contributed by atoms with Crippen LogP contribution in [0, 0.1) is 11.6 Å². The van der Waals surface area contributed by atoms with Crippen LogP contribution in [-0.2, 0) is 4.79 Å². The van der Waals surface area contributed by atoms with E-state index in [-0.39, 0.29) is 39.6 Å². The number of hydrogen-bond acceptors (Lipinski definition) is 7. The summed E-state index contributed by atoms with van der Waals surface area (Å²) >= 11 is 6.51. The van der Waals surface area contributed by atoms with Crippen LogP contribution in [0.2, 0.25) is 5.02 Å². The highest BCUT2D eigenvalue weighted by atomic mass is 35.5. The van der Waals surface area contributed by atoms with Gasteiger partial charge in [-0.1, -0.05) is 38.1 Å². The Kier molecular flexibility index (Phi) is 9.10. The first kappa shape index (κ1) is 29.5. The fourth-order valence-electron chi connectivity index (χ4n) is 4.95. The van der Waals surface area contributed by atoms with E-state index in [0.29, 0.717) is 43.4 Å². The van der Waals surface area contributed by atoms with Crippen LogP contribution < -0.4 is 10.2 Å². The highest BCUT2D eigenvalue weighted by Gasteiger charge is 2.31. The molecule has 3 aromatic rings. The molecule has 8 nitrogen and oxygen atoms in total. The van der Waals surface area contributed by atoms with E-state index < -0.39 is 17.4 Å². The van der Waals surface area contributed by atoms with Gasteiger partial charge in [-0.3, -0.25) is 9.69 Å². The predicted molar refractivity (Wildman–Crippen MR) is 156 cm³/mol. The van der Waals surface area contributed by atoms with Crippen molar-refractivity contribution in [1.29, 1.82) is 0 Å². The van der Waals surface area contributed by atoms with Crippen LogP contribution in [-0.4, -0.2) is 82.1 Å². The molecule has 2 saturated heterocycles. The molecule has 0 aliphatic carbocycles. The van der Waals surface area contributed by atoms with Crippen molar-refractivity contribution in [2.75, 3.05) is 49.5 Å². The Labute approximate surface area is 238 Å². The van der Waals surface area contributed by atoms with Gasteiger partial charge in [-0.2, -0.15) is 4.98 Å². The lowest BCUT2D eigenvalue weighted by Crippen LogP contribution is -2.57. The molecule has 0 radical (unpaired) electrons. The van der Waals surface area contributed by atoms with E-state index in [1.165, 1.54) is 24.3 Å². The van der Waals surface area contributed by atoms with Crippen LogP contribution in [0.15, 0.2) is 36.9 Å². The normalized spacial score (nSPS) is 16.0. The van der Waals surface area contributed by atoms with Crippen LogP contribution in [0.25, 0.3) is 22.0 Å². The second kappa shape index (κ2) is 12.3. The van der Waals surface area contributed by atoms with Crippen LogP contribution in [0.4, 0.5) is 20.5 Å². The van der Waals surface area contributed by atoms with Gasteiger partial charge in [0.25, 0.3) is 0 Å². The third kappa shape index (κ3) is 5.69. The summed E-state index contributed by atoms with van der Waals surface area (Å²) in [6.07, 6.45) is 1.28. The number of rotatable bonds is 6. The van der Waals surface area contributed by atoms with Crippen LogP contribution in [0.5, 0.6) is 5.75 Å². The summed E-state index contributed by atoms with van der Waals surface area (Å²) in [5.41, 5.74) is -0.625. The average molecular weight is 573 g/mol. The van der Waals surface area contributed by atoms with Gasteiger partial charge in [0, 0.05) is 56.3 Å². The fourth-order valence-corrected chi connectivity index (χ4v) is 5.24. The Hall–Kier alpha value is -3.50. The van der Waals surface area contributed by atoms with Crippen molar-refractivity contribution >= 4 is 40.2 Å². The molecule has 5 rings (SSSR count). The number of nitrogens with zero attached hydrogens (tertiary/aromatic N) is 5. The fraction of sp³-hybridized carbons (Fsp3) is 0.414. The SMILES string of the molecule is C=CC(=O)N1CCN(c2nc(NC3CN(C(C)C)C3)nc3c(F)c(-c4c(O)cccc4F)c(Cl)cc23)CC1.CC. The van der Waals surface area contributed by atoms with E-state index in [0.717, 1.165) is 19.2 Å². The van der Waals surface area contributed by atoms with Gasteiger partial charge >= 0.3 is 0 Å². The number of halogens is 3. The van der Waals surface area contributed by atoms with Crippen molar-refractivity contribution in [1.82, 2.24) is 19.8 Å². The Morgan fingerprint density at radius 1 is 1.15 bits per heavy atom. The first-order valence-corrected chi connectivity index (χ1v) is 13.9. The molecule has 2 aromatic carbocycles. The minimum atomic E-state index is -0.850. The number of fused-ring (bicyclic) bond motifs is 1. The number of piperazine rings is 1. The van der Waals surface area contributed by atoms with E-state index in [1.54, 1.807) is 4.90 Å². The van der Waals surface area contributed by atoms with Gasteiger partial charge in [0.05, 0.1) is 16.6 Å². The van der Waals surface area contributed by atoms with Gasteiger partial charge in [-0.15, -0.1) is 0 Å². The molecule has 2 aliphatic rings. The van der Waals surface area contributed by atoms with Crippen molar-refractivity contribution < 1.29 is 18.7 Å². The van der Waals surface area contributed by atoms with Crippen LogP contribution in [0.1, 0.15) is 27.7 Å². The maximum atomic E-state index is 16.1. The number of carbonyl (C=O) groups is 1. The number of aromatic nitrogens is 2. The highest BCUT2D eigenvalue weighted by molar-refractivity contribution is 6.34. The van der Waals surface area contributed by atoms with Crippen LogP contribution in [0.3, 0.4) is 0 Å². The van der Waals surface area contributed by atoms with E-state index >= 15 is 4.39 Å². The summed E-state index contributed by atoms with van der Waals surface area (Å²) < 4.78 is 30.9. The molecule has 40 heavy (non-hydrogen) atoms. The van der Waals surface area contributed by atoms with Crippen molar-refractivity contribution in [3.8, 4) is 16.9 Å². The Balaban J connectivity index is 0.00000181. The monoisotopic (exact) mass is 572 g/mol. The second-order valence-corrected chi connectivity index (χ2v) is 10.3. The summed E-state index contributed by atoms with van der Waals surface area (Å²) in [4.78, 5) is 27.2. The van der Waals surface area contributed by atoms with Gasteiger partial charge in [0.2, 0.25) is 11.9 Å². The van der Waals surface area contributed by atoms with Crippen LogP contribution >= 0.6 is 11.6 Å². The molecule has 2 aliphatic heterocycles. The molecule has 11 heteroatoms. The number of carbonyl (C=O) groups excluding carboxylic acids is 1. The number of hydrogen-bond donors (Lipinski definition) is 2. The number of phenols is 1. The van der Waals surface area contributed by atoms with Crippen molar-refractivity contribution in [2.45, 2.75) is 39.8 Å². The Morgan fingerprint density at radius 2 is 1.82 bits per heavy atom. The van der Waals surface area contributed by atoms with Crippen molar-refractivity contribution in [3.63, 3.8) is 0 Å². The van der Waals surface area contributed by atoms with E-state index in [1.807, 2.05) is 18.7 Å². The molecule has 3 heterocycles. The van der Waals surface area contributed by atoms with Crippen molar-refractivity contribution in [3.05, 3.63) is 53.6 Å². The average Bonchev–Trinajstić information content (AvgIpc) is 2.92. The predicted octanol–water partition coefficient (Wildman–Crippen LogP) is 5.30. The lowest BCUT2D eigenvalue weighted by molar-refractivity contribution is -0.126. The molecular formula is C29H35ClF2N6O2. The quantitative estimate of drug-likeness (QED) is 0.388. The first-order valence-electron chi connectivity index (χ1n) is 13.5. The maximum Gasteiger partial charge on any atom is 0.246 e.